The van der Waals surface area contributed by atoms with E-state index in [0.29, 0.717) is 25.7 Å². The van der Waals surface area contributed by atoms with Gasteiger partial charge in [0.2, 0.25) is 0 Å². The van der Waals surface area contributed by atoms with E-state index in [1.165, 1.54) is 13.8 Å². The van der Waals surface area contributed by atoms with E-state index in [0.717, 1.165) is 0 Å². The minimum Gasteiger partial charge on any atom is -0.358 e. The van der Waals surface area contributed by atoms with Crippen LogP contribution in [-0.2, 0) is 98.4 Å². The molecule has 2 N–H and O–H groups in total. The van der Waals surface area contributed by atoms with E-state index < -0.39 is 0 Å². The summed E-state index contributed by atoms with van der Waals surface area (Å²) < 4.78 is 0. The molecule has 155 valence electrons. The van der Waals surface area contributed by atoms with E-state index in [1.54, 1.807) is 0 Å². The second-order valence-electron chi connectivity index (χ2n) is 5.02. The molecule has 2 unspecified atom stereocenters. The van der Waals surface area contributed by atoms with Crippen LogP contribution in [0.3, 0.4) is 0 Å². The molecular formula is C18H35B2N2O3VY2-3. The molecule has 10 heteroatoms. The molecule has 2 atom stereocenters. The molecule has 0 aromatic rings. The maximum absolute atomic E-state index is 11.0. The molecule has 0 saturated heterocycles. The second-order valence-corrected chi connectivity index (χ2v) is 5.02. The molecule has 5 nitrogen and oxygen atoms in total. The number of rotatable bonds is 11. The fraction of sp³-hybridized carbons (Fsp3) is 0.556. The number of hydrogen-bond donors (Lipinski definition) is 2. The average Bonchev–Trinajstić information content (AvgIpc) is 2.38. The minimum atomic E-state index is -0.128. The molecule has 0 aliphatic rings. The minimum absolute atomic E-state index is 0. The molecule has 0 aromatic carbocycles. The van der Waals surface area contributed by atoms with Gasteiger partial charge in [0.25, 0.3) is 0 Å². The molecule has 0 aliphatic heterocycles. The fourth-order valence-electron chi connectivity index (χ4n) is 1.69. The summed E-state index contributed by atoms with van der Waals surface area (Å²) >= 11 is 0. The summed E-state index contributed by atoms with van der Waals surface area (Å²) in [5.41, 5.74) is 0. The molecule has 0 saturated carbocycles. The van der Waals surface area contributed by atoms with Crippen LogP contribution >= 0.6 is 0 Å². The SMILES string of the molecule is [B]CNC(CC(C)=O)CC(=O)C[CH2-].[B]CNC([CH2-])CC(C)=O.[CH3-].[CH3-].[CH3-].[V+2].[Y].[Y]. The van der Waals surface area contributed by atoms with Crippen LogP contribution < -0.4 is 10.6 Å². The molecule has 0 aromatic heterocycles. The molecule has 0 spiro atoms. The Morgan fingerprint density at radius 3 is 1.54 bits per heavy atom. The standard InChI is InChI=1S/C9H15BNO2.C6H11BNO.3CH3.V.2Y/c1-3-9(13)5-8(11-6-10)4-7(2)12;1-5(8-4-7)3-6(2)9;;;;;;/h8,11H,1,3-6H2,2H3;5,8H,1,3-4H2,2H3;3*1H3;;;/q5*-1;+2;;. The number of Topliss-reactive ketones (excluding diaryl/α,β-unsaturated/α-hetero) is 3. The van der Waals surface area contributed by atoms with Gasteiger partial charge in [-0.05, 0) is 33.2 Å². The van der Waals surface area contributed by atoms with Gasteiger partial charge in [-0.15, -0.1) is 12.5 Å². The molecule has 0 heterocycles. The summed E-state index contributed by atoms with van der Waals surface area (Å²) in [6.07, 6.45) is 2.06. The number of carbonyl (C=O) groups excluding carboxylic acids is 3. The Hall–Kier alpha value is 1.85. The zero-order chi connectivity index (χ0) is 17.5. The first-order chi connectivity index (χ1) is 10.3. The number of ketones is 3. The van der Waals surface area contributed by atoms with Gasteiger partial charge >= 0.3 is 18.6 Å². The van der Waals surface area contributed by atoms with Crippen LogP contribution in [0.4, 0.5) is 0 Å². The third-order valence-electron chi connectivity index (χ3n) is 2.63. The number of nitrogens with one attached hydrogen (secondary N) is 2. The summed E-state index contributed by atoms with van der Waals surface area (Å²) in [4.78, 5) is 32.2. The van der Waals surface area contributed by atoms with Crippen LogP contribution in [0.2, 0.25) is 0 Å². The molecule has 0 bridgehead atoms. The van der Waals surface area contributed by atoms with Gasteiger partial charge in [-0.1, -0.05) is 0 Å². The van der Waals surface area contributed by atoms with Crippen molar-refractivity contribution in [2.75, 3.05) is 12.9 Å². The first-order valence-corrected chi connectivity index (χ1v) is 7.26. The van der Waals surface area contributed by atoms with Crippen molar-refractivity contribution in [1.82, 2.24) is 10.6 Å². The first kappa shape index (κ1) is 52.0. The topological polar surface area (TPSA) is 75.3 Å². The number of hydrogen-bond acceptors (Lipinski definition) is 5. The quantitative estimate of drug-likeness (QED) is 0.287. The van der Waals surface area contributed by atoms with Crippen molar-refractivity contribution in [3.8, 4) is 0 Å². The van der Waals surface area contributed by atoms with Gasteiger partial charge in [0, 0.05) is 84.3 Å². The van der Waals surface area contributed by atoms with Crippen molar-refractivity contribution in [3.63, 3.8) is 0 Å². The summed E-state index contributed by atoms with van der Waals surface area (Å²) in [5.74, 6) is 0.242. The Morgan fingerprint density at radius 2 is 1.25 bits per heavy atom. The van der Waals surface area contributed by atoms with Gasteiger partial charge in [-0.25, -0.2) is 0 Å². The van der Waals surface area contributed by atoms with E-state index in [-0.39, 0.29) is 149 Å². The number of carbonyl (C=O) groups is 3. The fourth-order valence-corrected chi connectivity index (χ4v) is 1.69. The zero-order valence-electron chi connectivity index (χ0n) is 18.3. The van der Waals surface area contributed by atoms with Crippen molar-refractivity contribution >= 4 is 33.0 Å². The van der Waals surface area contributed by atoms with Gasteiger partial charge < -0.3 is 56.4 Å². The molecule has 0 amide bonds. The van der Waals surface area contributed by atoms with Crippen LogP contribution in [0.15, 0.2) is 0 Å². The maximum Gasteiger partial charge on any atom is 2.00 e. The van der Waals surface area contributed by atoms with Crippen LogP contribution in [0, 0.1) is 36.1 Å². The van der Waals surface area contributed by atoms with E-state index in [2.05, 4.69) is 24.5 Å². The first-order valence-electron chi connectivity index (χ1n) is 7.26. The Labute approximate surface area is 240 Å². The summed E-state index contributed by atoms with van der Waals surface area (Å²) in [6.45, 7) is 10.2. The van der Waals surface area contributed by atoms with E-state index >= 15 is 0 Å². The van der Waals surface area contributed by atoms with E-state index in [4.69, 9.17) is 15.7 Å². The van der Waals surface area contributed by atoms with Crippen molar-refractivity contribution in [1.29, 1.82) is 0 Å². The smallest absolute Gasteiger partial charge is 0.358 e. The van der Waals surface area contributed by atoms with Crippen LogP contribution in [0.1, 0.15) is 39.5 Å². The average molecular weight is 578 g/mol. The normalized spacial score (nSPS) is 10.0. The molecule has 28 heavy (non-hydrogen) atoms. The maximum atomic E-state index is 11.0. The molecular weight excluding hydrogens is 543 g/mol. The zero-order valence-corrected chi connectivity index (χ0v) is 25.4. The van der Waals surface area contributed by atoms with Crippen molar-refractivity contribution in [2.45, 2.75) is 51.6 Å². The van der Waals surface area contributed by atoms with Gasteiger partial charge in [0.1, 0.15) is 17.3 Å². The Morgan fingerprint density at radius 1 is 0.857 bits per heavy atom. The third-order valence-corrected chi connectivity index (χ3v) is 2.63. The van der Waals surface area contributed by atoms with Crippen molar-refractivity contribution < 1.29 is 98.4 Å². The predicted molar refractivity (Wildman–Crippen MR) is 110 cm³/mol. The van der Waals surface area contributed by atoms with Crippen LogP contribution in [0.25, 0.3) is 0 Å². The van der Waals surface area contributed by atoms with Gasteiger partial charge in [0.05, 0.1) is 15.7 Å². The van der Waals surface area contributed by atoms with Crippen molar-refractivity contribution in [2.24, 2.45) is 0 Å². The van der Waals surface area contributed by atoms with Crippen LogP contribution in [0.5, 0.6) is 0 Å². The van der Waals surface area contributed by atoms with Gasteiger partial charge in [0.15, 0.2) is 0 Å². The molecule has 0 rings (SSSR count). The largest absolute Gasteiger partial charge is 2.00 e. The molecule has 0 aliphatic carbocycles. The van der Waals surface area contributed by atoms with Gasteiger partial charge in [-0.2, -0.15) is 0 Å². The van der Waals surface area contributed by atoms with E-state index in [9.17, 15) is 14.4 Å². The predicted octanol–water partition coefficient (Wildman–Crippen LogP) is 1.46. The Balaban J connectivity index is -0.0000000407. The third kappa shape index (κ3) is 42.1. The summed E-state index contributed by atoms with van der Waals surface area (Å²) in [6, 6.07) is -0.163. The van der Waals surface area contributed by atoms with Crippen LogP contribution in [-0.4, -0.2) is 58.0 Å². The summed E-state index contributed by atoms with van der Waals surface area (Å²) in [7, 11) is 10.4. The van der Waals surface area contributed by atoms with E-state index in [1.807, 2.05) is 0 Å². The monoisotopic (exact) mass is 578 g/mol. The Bertz CT molecular complexity index is 357. The van der Waals surface area contributed by atoms with Crippen molar-refractivity contribution in [3.05, 3.63) is 36.1 Å². The molecule has 7 radical (unpaired) electrons. The second kappa shape index (κ2) is 36.2. The summed E-state index contributed by atoms with van der Waals surface area (Å²) in [5, 5.41) is 5.71. The van der Waals surface area contributed by atoms with Gasteiger partial charge in [-0.3, -0.25) is 4.79 Å². The Kier molecular flexibility index (Phi) is 67.4. The molecule has 0 fully saturated rings.